The van der Waals surface area contributed by atoms with Gasteiger partial charge in [0.25, 0.3) is 0 Å². The Morgan fingerprint density at radius 3 is 2.86 bits per heavy atom. The van der Waals surface area contributed by atoms with Crippen LogP contribution in [0.15, 0.2) is 18.2 Å². The first-order chi connectivity index (χ1) is 6.68. The van der Waals surface area contributed by atoms with E-state index < -0.39 is 0 Å². The molecule has 0 aromatic heterocycles. The van der Waals surface area contributed by atoms with E-state index in [1.165, 1.54) is 0 Å². The van der Waals surface area contributed by atoms with E-state index in [0.717, 1.165) is 29.2 Å². The van der Waals surface area contributed by atoms with Gasteiger partial charge in [0.1, 0.15) is 0 Å². The molecule has 1 aliphatic heterocycles. The van der Waals surface area contributed by atoms with Crippen LogP contribution < -0.4 is 10.6 Å². The Balaban J connectivity index is 2.36. The fraction of sp³-hybridized carbons (Fsp3) is 0.300. The van der Waals surface area contributed by atoms with Crippen molar-refractivity contribution >= 4 is 28.3 Å². The predicted octanol–water partition coefficient (Wildman–Crippen LogP) is 2.07. The molecule has 1 fully saturated rings. The van der Waals surface area contributed by atoms with E-state index in [4.69, 9.17) is 11.1 Å². The zero-order valence-electron chi connectivity index (χ0n) is 8.08. The van der Waals surface area contributed by atoms with Crippen LogP contribution in [0.25, 0.3) is 0 Å². The third-order valence-corrected chi connectivity index (χ3v) is 3.15. The van der Waals surface area contributed by atoms with Gasteiger partial charge in [-0.25, -0.2) is 0 Å². The highest BCUT2D eigenvalue weighted by atomic mass is 32.2. The van der Waals surface area contributed by atoms with Crippen molar-refractivity contribution in [1.82, 2.24) is 0 Å². The van der Waals surface area contributed by atoms with Crippen molar-refractivity contribution < 1.29 is 0 Å². The van der Waals surface area contributed by atoms with Crippen LogP contribution in [0.3, 0.4) is 0 Å². The van der Waals surface area contributed by atoms with Crippen LogP contribution in [-0.4, -0.2) is 17.5 Å². The quantitative estimate of drug-likeness (QED) is 0.693. The second-order valence-electron chi connectivity index (χ2n) is 3.37. The van der Waals surface area contributed by atoms with Crippen molar-refractivity contribution in [3.8, 4) is 0 Å². The van der Waals surface area contributed by atoms with Crippen LogP contribution in [0.1, 0.15) is 5.56 Å². The Hall–Kier alpha value is -1.16. The molecule has 0 saturated carbocycles. The second-order valence-corrected chi connectivity index (χ2v) is 4.45. The van der Waals surface area contributed by atoms with E-state index >= 15 is 0 Å². The summed E-state index contributed by atoms with van der Waals surface area (Å²) in [5.74, 6) is 0.978. The maximum atomic E-state index is 7.73. The third kappa shape index (κ3) is 1.57. The minimum absolute atomic E-state index is 0.598. The van der Waals surface area contributed by atoms with E-state index in [1.807, 2.05) is 30.0 Å². The molecular formula is C10H13N3S. The van der Waals surface area contributed by atoms with E-state index in [2.05, 4.69) is 0 Å². The number of hydrogen-bond donors (Lipinski definition) is 2. The Labute approximate surface area is 87.8 Å². The molecule has 2 rings (SSSR count). The van der Waals surface area contributed by atoms with Gasteiger partial charge in [-0.05, 0) is 24.6 Å². The summed E-state index contributed by atoms with van der Waals surface area (Å²) in [6, 6.07) is 5.97. The molecule has 4 heteroatoms. The van der Waals surface area contributed by atoms with Crippen molar-refractivity contribution in [2.24, 2.45) is 0 Å². The van der Waals surface area contributed by atoms with E-state index in [0.29, 0.717) is 5.17 Å². The first-order valence-electron chi connectivity index (χ1n) is 4.53. The number of nitrogen functional groups attached to an aromatic ring is 1. The standard InChI is InChI=1S/C10H13N3S/c1-7-2-3-9(8(11)6-7)13-4-5-14-10(13)12/h2-3,6,12H,4-5,11H2,1H3. The molecule has 1 heterocycles. The van der Waals surface area contributed by atoms with Crippen molar-refractivity contribution in [3.63, 3.8) is 0 Å². The molecule has 0 aliphatic carbocycles. The fourth-order valence-corrected chi connectivity index (χ4v) is 2.38. The van der Waals surface area contributed by atoms with Crippen LogP contribution in [0.2, 0.25) is 0 Å². The fourth-order valence-electron chi connectivity index (χ4n) is 1.56. The zero-order chi connectivity index (χ0) is 10.1. The van der Waals surface area contributed by atoms with E-state index in [-0.39, 0.29) is 0 Å². The summed E-state index contributed by atoms with van der Waals surface area (Å²) in [6.07, 6.45) is 0. The average Bonchev–Trinajstić information content (AvgIpc) is 2.52. The summed E-state index contributed by atoms with van der Waals surface area (Å²) in [4.78, 5) is 1.96. The van der Waals surface area contributed by atoms with Gasteiger partial charge in [0.2, 0.25) is 0 Å². The summed E-state index contributed by atoms with van der Waals surface area (Å²) in [5.41, 5.74) is 8.80. The molecule has 0 radical (unpaired) electrons. The molecule has 0 bridgehead atoms. The molecule has 3 N–H and O–H groups in total. The van der Waals surface area contributed by atoms with Crippen molar-refractivity contribution in [3.05, 3.63) is 23.8 Å². The molecule has 3 nitrogen and oxygen atoms in total. The van der Waals surface area contributed by atoms with Gasteiger partial charge in [-0.1, -0.05) is 17.8 Å². The van der Waals surface area contributed by atoms with Gasteiger partial charge >= 0.3 is 0 Å². The molecule has 74 valence electrons. The van der Waals surface area contributed by atoms with E-state index in [1.54, 1.807) is 11.8 Å². The van der Waals surface area contributed by atoms with Gasteiger partial charge in [0.15, 0.2) is 5.17 Å². The molecule has 1 aliphatic rings. The second kappa shape index (κ2) is 3.53. The molecule has 0 atom stereocenters. The lowest BCUT2D eigenvalue weighted by Gasteiger charge is -2.18. The Kier molecular flexibility index (Phi) is 2.37. The molecule has 0 spiro atoms. The lowest BCUT2D eigenvalue weighted by molar-refractivity contribution is 1.10. The number of thioether (sulfide) groups is 1. The molecule has 14 heavy (non-hydrogen) atoms. The summed E-state index contributed by atoms with van der Waals surface area (Å²) in [7, 11) is 0. The zero-order valence-corrected chi connectivity index (χ0v) is 8.90. The molecule has 0 amide bonds. The van der Waals surface area contributed by atoms with Gasteiger partial charge in [-0.3, -0.25) is 5.41 Å². The first kappa shape index (κ1) is 9.40. The smallest absolute Gasteiger partial charge is 0.161 e. The number of benzene rings is 1. The normalized spacial score (nSPS) is 16.4. The number of anilines is 2. The number of rotatable bonds is 1. The van der Waals surface area contributed by atoms with Crippen LogP contribution >= 0.6 is 11.8 Å². The highest BCUT2D eigenvalue weighted by molar-refractivity contribution is 8.14. The monoisotopic (exact) mass is 207 g/mol. The predicted molar refractivity (Wildman–Crippen MR) is 63.1 cm³/mol. The number of hydrogen-bond acceptors (Lipinski definition) is 3. The molecule has 1 aromatic rings. The average molecular weight is 207 g/mol. The Morgan fingerprint density at radius 2 is 2.29 bits per heavy atom. The van der Waals surface area contributed by atoms with Crippen LogP contribution in [0, 0.1) is 12.3 Å². The summed E-state index contributed by atoms with van der Waals surface area (Å²) < 4.78 is 0. The Bertz CT molecular complexity index is 376. The highest BCUT2D eigenvalue weighted by Gasteiger charge is 2.20. The van der Waals surface area contributed by atoms with Gasteiger partial charge in [0, 0.05) is 12.3 Å². The van der Waals surface area contributed by atoms with Crippen LogP contribution in [-0.2, 0) is 0 Å². The molecule has 1 saturated heterocycles. The van der Waals surface area contributed by atoms with Gasteiger partial charge in [0.05, 0.1) is 11.4 Å². The number of nitrogens with zero attached hydrogens (tertiary/aromatic N) is 1. The number of aryl methyl sites for hydroxylation is 1. The van der Waals surface area contributed by atoms with Crippen molar-refractivity contribution in [2.75, 3.05) is 22.9 Å². The van der Waals surface area contributed by atoms with Gasteiger partial charge in [-0.2, -0.15) is 0 Å². The summed E-state index contributed by atoms with van der Waals surface area (Å²) >= 11 is 1.57. The maximum absolute atomic E-state index is 7.73. The number of nitrogens with two attached hydrogens (primary N) is 1. The highest BCUT2D eigenvalue weighted by Crippen LogP contribution is 2.29. The summed E-state index contributed by atoms with van der Waals surface area (Å²) in [6.45, 7) is 2.90. The number of nitrogens with one attached hydrogen (secondary N) is 1. The van der Waals surface area contributed by atoms with Gasteiger partial charge in [-0.15, -0.1) is 0 Å². The lowest BCUT2D eigenvalue weighted by Crippen LogP contribution is -2.23. The largest absolute Gasteiger partial charge is 0.397 e. The number of amidine groups is 1. The van der Waals surface area contributed by atoms with Crippen molar-refractivity contribution in [1.29, 1.82) is 5.41 Å². The lowest BCUT2D eigenvalue weighted by atomic mass is 10.2. The maximum Gasteiger partial charge on any atom is 0.161 e. The Morgan fingerprint density at radius 1 is 1.50 bits per heavy atom. The van der Waals surface area contributed by atoms with Gasteiger partial charge < -0.3 is 10.6 Å². The topological polar surface area (TPSA) is 53.1 Å². The minimum atomic E-state index is 0.598. The molecule has 1 aromatic carbocycles. The van der Waals surface area contributed by atoms with E-state index in [9.17, 15) is 0 Å². The van der Waals surface area contributed by atoms with Crippen molar-refractivity contribution in [2.45, 2.75) is 6.92 Å². The minimum Gasteiger partial charge on any atom is -0.397 e. The molecule has 0 unspecified atom stereocenters. The third-order valence-electron chi connectivity index (χ3n) is 2.27. The summed E-state index contributed by atoms with van der Waals surface area (Å²) in [5, 5.41) is 8.32. The van der Waals surface area contributed by atoms with Crippen LogP contribution in [0.5, 0.6) is 0 Å². The molecular weight excluding hydrogens is 194 g/mol. The van der Waals surface area contributed by atoms with Crippen LogP contribution in [0.4, 0.5) is 11.4 Å². The SMILES string of the molecule is Cc1ccc(N2CCSC2=N)c(N)c1. The first-order valence-corrected chi connectivity index (χ1v) is 5.52.